The van der Waals surface area contributed by atoms with E-state index < -0.39 is 0 Å². The Bertz CT molecular complexity index is 1320. The fourth-order valence-electron chi connectivity index (χ4n) is 5.41. The van der Waals surface area contributed by atoms with Crippen LogP contribution in [-0.4, -0.2) is 16.9 Å². The number of aromatic nitrogens is 1. The molecule has 1 aliphatic rings. The summed E-state index contributed by atoms with van der Waals surface area (Å²) in [6.07, 6.45) is 7.44. The van der Waals surface area contributed by atoms with Crippen molar-refractivity contribution >= 4 is 16.7 Å². The molecule has 0 radical (unpaired) electrons. The average Bonchev–Trinajstić information content (AvgIpc) is 2.97. The third kappa shape index (κ3) is 6.51. The molecule has 3 heteroatoms. The molecule has 0 atom stereocenters. The summed E-state index contributed by atoms with van der Waals surface area (Å²) in [5, 5.41) is 0.924. The van der Waals surface area contributed by atoms with Crippen LogP contribution in [0.25, 0.3) is 22.2 Å². The SMILES string of the molecule is CC.CC(C)c1c(-c2ccccc2)nc2cc(OC3CCCCC3)ccc2c1C(=O)CCc1ccccc1. The van der Waals surface area contributed by atoms with Gasteiger partial charge in [-0.3, -0.25) is 4.79 Å². The molecular formula is C35H41NO2. The molecule has 0 N–H and O–H groups in total. The summed E-state index contributed by atoms with van der Waals surface area (Å²) in [6.45, 7) is 8.31. The number of hydrogen-bond acceptors (Lipinski definition) is 3. The summed E-state index contributed by atoms with van der Waals surface area (Å²) < 4.78 is 6.37. The minimum atomic E-state index is 0.158. The lowest BCUT2D eigenvalue weighted by molar-refractivity contribution is 0.0983. The fraction of sp³-hybridized carbons (Fsp3) is 0.371. The smallest absolute Gasteiger partial charge is 0.164 e. The standard InChI is InChI=1S/C33H35NO2.C2H6/c1-23(2)31-32(30(35)21-18-24-12-6-3-7-13-24)28-20-19-27(36-26-16-10-5-11-17-26)22-29(28)34-33(31)25-14-8-4-9-15-25;1-2/h3-4,6-9,12-15,19-20,22-23,26H,5,10-11,16-18,21H2,1-2H3;1-2H3. The highest BCUT2D eigenvalue weighted by Gasteiger charge is 2.24. The van der Waals surface area contributed by atoms with Crippen LogP contribution in [0.4, 0.5) is 0 Å². The Labute approximate surface area is 228 Å². The molecule has 1 aromatic heterocycles. The van der Waals surface area contributed by atoms with Gasteiger partial charge in [-0.2, -0.15) is 0 Å². The Morgan fingerprint density at radius 2 is 1.55 bits per heavy atom. The summed E-state index contributed by atoms with van der Waals surface area (Å²) in [5.74, 6) is 1.18. The van der Waals surface area contributed by atoms with Gasteiger partial charge in [-0.1, -0.05) is 94.8 Å². The molecule has 3 nitrogen and oxygen atoms in total. The summed E-state index contributed by atoms with van der Waals surface area (Å²) in [4.78, 5) is 19.0. The van der Waals surface area contributed by atoms with E-state index in [-0.39, 0.29) is 17.8 Å². The molecular weight excluding hydrogens is 466 g/mol. The highest BCUT2D eigenvalue weighted by Crippen LogP contribution is 2.37. The predicted octanol–water partition coefficient (Wildman–Crippen LogP) is 9.58. The molecule has 0 saturated heterocycles. The van der Waals surface area contributed by atoms with Crippen molar-refractivity contribution in [2.75, 3.05) is 0 Å². The van der Waals surface area contributed by atoms with Crippen molar-refractivity contribution in [3.63, 3.8) is 0 Å². The van der Waals surface area contributed by atoms with E-state index in [0.717, 1.165) is 58.3 Å². The second-order valence-electron chi connectivity index (χ2n) is 10.2. The number of fused-ring (bicyclic) bond motifs is 1. The normalized spacial score (nSPS) is 13.7. The number of pyridine rings is 1. The first-order valence-corrected chi connectivity index (χ1v) is 14.4. The summed E-state index contributed by atoms with van der Waals surface area (Å²) in [5.41, 5.74) is 5.80. The largest absolute Gasteiger partial charge is 0.490 e. The van der Waals surface area contributed by atoms with Gasteiger partial charge in [0, 0.05) is 29.0 Å². The van der Waals surface area contributed by atoms with Gasteiger partial charge >= 0.3 is 0 Å². The molecule has 0 aliphatic heterocycles. The van der Waals surface area contributed by atoms with Crippen LogP contribution in [0.5, 0.6) is 5.75 Å². The van der Waals surface area contributed by atoms with E-state index in [9.17, 15) is 4.79 Å². The Balaban J connectivity index is 0.00000164. The first-order valence-electron chi connectivity index (χ1n) is 14.4. The van der Waals surface area contributed by atoms with E-state index in [2.05, 4.69) is 44.2 Å². The highest BCUT2D eigenvalue weighted by molar-refractivity contribution is 6.10. The third-order valence-corrected chi connectivity index (χ3v) is 7.24. The van der Waals surface area contributed by atoms with Gasteiger partial charge in [0.25, 0.3) is 0 Å². The van der Waals surface area contributed by atoms with Crippen molar-refractivity contribution in [3.8, 4) is 17.0 Å². The van der Waals surface area contributed by atoms with E-state index in [0.29, 0.717) is 6.42 Å². The van der Waals surface area contributed by atoms with Crippen LogP contribution >= 0.6 is 0 Å². The van der Waals surface area contributed by atoms with E-state index in [1.54, 1.807) is 0 Å². The molecule has 0 bridgehead atoms. The first kappa shape index (κ1) is 27.6. The second kappa shape index (κ2) is 13.4. The van der Waals surface area contributed by atoms with Crippen LogP contribution < -0.4 is 4.74 Å². The predicted molar refractivity (Wildman–Crippen MR) is 159 cm³/mol. The fourth-order valence-corrected chi connectivity index (χ4v) is 5.41. The molecule has 1 fully saturated rings. The van der Waals surface area contributed by atoms with Gasteiger partial charge in [-0.25, -0.2) is 4.98 Å². The zero-order valence-corrected chi connectivity index (χ0v) is 23.4. The van der Waals surface area contributed by atoms with Crippen molar-refractivity contribution in [1.29, 1.82) is 0 Å². The second-order valence-corrected chi connectivity index (χ2v) is 10.2. The number of ether oxygens (including phenoxy) is 1. The minimum Gasteiger partial charge on any atom is -0.490 e. The highest BCUT2D eigenvalue weighted by atomic mass is 16.5. The van der Waals surface area contributed by atoms with E-state index in [1.807, 2.05) is 62.4 Å². The maximum atomic E-state index is 13.9. The van der Waals surface area contributed by atoms with Gasteiger partial charge in [0.2, 0.25) is 0 Å². The third-order valence-electron chi connectivity index (χ3n) is 7.24. The first-order chi connectivity index (χ1) is 18.6. The Morgan fingerprint density at radius 3 is 2.21 bits per heavy atom. The van der Waals surface area contributed by atoms with E-state index >= 15 is 0 Å². The van der Waals surface area contributed by atoms with Crippen molar-refractivity contribution in [3.05, 3.63) is 95.6 Å². The van der Waals surface area contributed by atoms with Crippen LogP contribution in [0.2, 0.25) is 0 Å². The zero-order chi connectivity index (χ0) is 26.9. The van der Waals surface area contributed by atoms with Crippen LogP contribution in [0.1, 0.15) is 93.6 Å². The maximum Gasteiger partial charge on any atom is 0.164 e. The number of aryl methyl sites for hydroxylation is 1. The van der Waals surface area contributed by atoms with E-state index in [1.165, 1.54) is 24.8 Å². The van der Waals surface area contributed by atoms with Crippen LogP contribution in [0.15, 0.2) is 78.9 Å². The average molecular weight is 508 g/mol. The van der Waals surface area contributed by atoms with Crippen LogP contribution in [0.3, 0.4) is 0 Å². The Morgan fingerprint density at radius 1 is 0.895 bits per heavy atom. The molecule has 4 aromatic rings. The monoisotopic (exact) mass is 507 g/mol. The quantitative estimate of drug-likeness (QED) is 0.223. The number of ketones is 1. The zero-order valence-electron chi connectivity index (χ0n) is 23.4. The van der Waals surface area contributed by atoms with Crippen molar-refractivity contribution < 1.29 is 9.53 Å². The molecule has 1 heterocycles. The number of rotatable bonds is 8. The number of carbonyl (C=O) groups excluding carboxylic acids is 1. The summed E-state index contributed by atoms with van der Waals surface area (Å²) in [6, 6.07) is 26.6. The molecule has 1 saturated carbocycles. The number of Topliss-reactive ketones (excluding diaryl/α,β-unsaturated/α-hetero) is 1. The number of hydrogen-bond donors (Lipinski definition) is 0. The maximum absolute atomic E-state index is 13.9. The Hall–Kier alpha value is -3.46. The van der Waals surface area contributed by atoms with Crippen LogP contribution in [0, 0.1) is 0 Å². The molecule has 0 unspecified atom stereocenters. The van der Waals surface area contributed by atoms with Crippen molar-refractivity contribution in [2.45, 2.75) is 84.7 Å². The van der Waals surface area contributed by atoms with Gasteiger partial charge < -0.3 is 4.74 Å². The molecule has 5 rings (SSSR count). The lowest BCUT2D eigenvalue weighted by atomic mass is 9.86. The molecule has 38 heavy (non-hydrogen) atoms. The summed E-state index contributed by atoms with van der Waals surface area (Å²) >= 11 is 0. The van der Waals surface area contributed by atoms with Crippen molar-refractivity contribution in [2.24, 2.45) is 0 Å². The van der Waals surface area contributed by atoms with E-state index in [4.69, 9.17) is 9.72 Å². The van der Waals surface area contributed by atoms with Gasteiger partial charge in [0.15, 0.2) is 5.78 Å². The van der Waals surface area contributed by atoms with Crippen LogP contribution in [-0.2, 0) is 6.42 Å². The van der Waals surface area contributed by atoms with Gasteiger partial charge in [0.05, 0.1) is 17.3 Å². The van der Waals surface area contributed by atoms with Crippen molar-refractivity contribution in [1.82, 2.24) is 4.98 Å². The number of benzene rings is 3. The van der Waals surface area contributed by atoms with Gasteiger partial charge in [0.1, 0.15) is 5.75 Å². The molecule has 3 aromatic carbocycles. The number of carbonyl (C=O) groups is 1. The number of nitrogens with zero attached hydrogens (tertiary/aromatic N) is 1. The molecule has 198 valence electrons. The van der Waals surface area contributed by atoms with Gasteiger partial charge in [-0.15, -0.1) is 0 Å². The summed E-state index contributed by atoms with van der Waals surface area (Å²) in [7, 11) is 0. The molecule has 1 aliphatic carbocycles. The molecule has 0 amide bonds. The lowest BCUT2D eigenvalue weighted by Gasteiger charge is -2.24. The lowest BCUT2D eigenvalue weighted by Crippen LogP contribution is -2.19. The topological polar surface area (TPSA) is 39.2 Å². The van der Waals surface area contributed by atoms with Gasteiger partial charge in [-0.05, 0) is 61.3 Å². The Kier molecular flexibility index (Phi) is 9.70. The molecule has 0 spiro atoms. The minimum absolute atomic E-state index is 0.158.